The Morgan fingerprint density at radius 3 is 3.21 bits per heavy atom. The van der Waals surface area contributed by atoms with Gasteiger partial charge in [-0.05, 0) is 38.3 Å². The lowest BCUT2D eigenvalue weighted by Crippen LogP contribution is -2.24. The molecular formula is C14H20N4S. The first-order valence-electron chi connectivity index (χ1n) is 7.07. The van der Waals surface area contributed by atoms with Crippen LogP contribution in [0.1, 0.15) is 31.1 Å². The number of fused-ring (bicyclic) bond motifs is 1. The first-order chi connectivity index (χ1) is 9.36. The Labute approximate surface area is 117 Å². The zero-order valence-corrected chi connectivity index (χ0v) is 12.1. The Balaban J connectivity index is 1.67. The maximum Gasteiger partial charge on any atom is 0.138 e. The van der Waals surface area contributed by atoms with E-state index in [4.69, 9.17) is 0 Å². The van der Waals surface area contributed by atoms with Crippen molar-refractivity contribution in [1.82, 2.24) is 15.3 Å². The first kappa shape index (κ1) is 12.8. The van der Waals surface area contributed by atoms with Crippen molar-refractivity contribution < 1.29 is 0 Å². The van der Waals surface area contributed by atoms with Gasteiger partial charge in [-0.3, -0.25) is 0 Å². The molecule has 1 fully saturated rings. The fourth-order valence-electron chi connectivity index (χ4n) is 2.59. The summed E-state index contributed by atoms with van der Waals surface area (Å²) in [7, 11) is 0. The van der Waals surface area contributed by atoms with Crippen LogP contribution in [0.3, 0.4) is 0 Å². The summed E-state index contributed by atoms with van der Waals surface area (Å²) in [5.74, 6) is 0.985. The molecule has 3 rings (SSSR count). The summed E-state index contributed by atoms with van der Waals surface area (Å²) in [4.78, 5) is 11.2. The lowest BCUT2D eigenvalue weighted by Gasteiger charge is -2.11. The van der Waals surface area contributed by atoms with E-state index in [1.165, 1.54) is 29.6 Å². The molecule has 4 nitrogen and oxygen atoms in total. The number of nitrogens with one attached hydrogen (secondary N) is 2. The lowest BCUT2D eigenvalue weighted by molar-refractivity contribution is 0.574. The van der Waals surface area contributed by atoms with Crippen LogP contribution < -0.4 is 10.6 Å². The number of thiophene rings is 1. The normalized spacial score (nSPS) is 19.1. The van der Waals surface area contributed by atoms with Crippen molar-refractivity contribution in [3.05, 3.63) is 17.3 Å². The first-order valence-corrected chi connectivity index (χ1v) is 7.89. The van der Waals surface area contributed by atoms with Gasteiger partial charge in [-0.2, -0.15) is 0 Å². The highest BCUT2D eigenvalue weighted by Gasteiger charge is 2.13. The molecule has 1 aliphatic rings. The molecule has 2 aromatic rings. The van der Waals surface area contributed by atoms with Crippen molar-refractivity contribution >= 4 is 27.4 Å². The number of aryl methyl sites for hydroxylation is 1. The molecule has 1 atom stereocenters. The molecule has 2 N–H and O–H groups in total. The monoisotopic (exact) mass is 276 g/mol. The van der Waals surface area contributed by atoms with E-state index in [0.29, 0.717) is 6.04 Å². The predicted octanol–water partition coefficient (Wildman–Crippen LogP) is 2.81. The van der Waals surface area contributed by atoms with E-state index in [0.717, 1.165) is 30.0 Å². The van der Waals surface area contributed by atoms with Gasteiger partial charge in [-0.1, -0.05) is 6.92 Å². The molecule has 1 aliphatic heterocycles. The summed E-state index contributed by atoms with van der Waals surface area (Å²) in [5, 5.41) is 8.16. The minimum atomic E-state index is 0.679. The van der Waals surface area contributed by atoms with Crippen molar-refractivity contribution in [2.45, 2.75) is 38.6 Å². The summed E-state index contributed by atoms with van der Waals surface area (Å²) in [6, 6.07) is 2.90. The van der Waals surface area contributed by atoms with Crippen molar-refractivity contribution in [2.75, 3.05) is 18.4 Å². The molecule has 0 bridgehead atoms. The summed E-state index contributed by atoms with van der Waals surface area (Å²) >= 11 is 1.77. The van der Waals surface area contributed by atoms with Crippen LogP contribution in [0.4, 0.5) is 5.82 Å². The van der Waals surface area contributed by atoms with Gasteiger partial charge in [0.1, 0.15) is 17.0 Å². The zero-order valence-electron chi connectivity index (χ0n) is 11.3. The van der Waals surface area contributed by atoms with Gasteiger partial charge in [0.25, 0.3) is 0 Å². The molecule has 0 amide bonds. The van der Waals surface area contributed by atoms with Crippen LogP contribution in [0, 0.1) is 0 Å². The van der Waals surface area contributed by atoms with Crippen LogP contribution in [-0.4, -0.2) is 29.1 Å². The van der Waals surface area contributed by atoms with Crippen LogP contribution in [0.15, 0.2) is 12.4 Å². The summed E-state index contributed by atoms with van der Waals surface area (Å²) in [6.45, 7) is 4.32. The minimum Gasteiger partial charge on any atom is -0.369 e. The lowest BCUT2D eigenvalue weighted by atomic mass is 10.1. The number of nitrogens with zero attached hydrogens (tertiary/aromatic N) is 2. The smallest absolute Gasteiger partial charge is 0.138 e. The van der Waals surface area contributed by atoms with Crippen LogP contribution in [0.2, 0.25) is 0 Å². The van der Waals surface area contributed by atoms with Gasteiger partial charge >= 0.3 is 0 Å². The third-order valence-corrected chi connectivity index (χ3v) is 4.86. The maximum atomic E-state index is 4.38. The molecule has 0 aromatic carbocycles. The van der Waals surface area contributed by atoms with Gasteiger partial charge in [-0.15, -0.1) is 11.3 Å². The van der Waals surface area contributed by atoms with Crippen LogP contribution in [-0.2, 0) is 6.42 Å². The van der Waals surface area contributed by atoms with Gasteiger partial charge in [0.2, 0.25) is 0 Å². The van der Waals surface area contributed by atoms with E-state index in [2.05, 4.69) is 33.6 Å². The molecule has 0 aliphatic carbocycles. The fourth-order valence-corrected chi connectivity index (χ4v) is 3.52. The standard InChI is InChI=1S/C14H20N4S/c1-2-11-8-12-13(17-9-18-14(12)19-11)16-7-5-10-4-3-6-15-10/h8-10,15H,2-7H2,1H3,(H,16,17,18)/t10-/m0/s1. The molecule has 102 valence electrons. The van der Waals surface area contributed by atoms with E-state index in [9.17, 15) is 0 Å². The maximum absolute atomic E-state index is 4.38. The fraction of sp³-hybridized carbons (Fsp3) is 0.571. The van der Waals surface area contributed by atoms with Crippen molar-refractivity contribution in [3.8, 4) is 0 Å². The SMILES string of the molecule is CCc1cc2c(NCC[C@@H]3CCCN3)ncnc2s1. The summed E-state index contributed by atoms with van der Waals surface area (Å²) in [6.07, 6.45) is 6.50. The number of anilines is 1. The topological polar surface area (TPSA) is 49.8 Å². The number of rotatable bonds is 5. The highest BCUT2D eigenvalue weighted by molar-refractivity contribution is 7.18. The van der Waals surface area contributed by atoms with E-state index < -0.39 is 0 Å². The Hall–Kier alpha value is -1.20. The number of hydrogen-bond acceptors (Lipinski definition) is 5. The van der Waals surface area contributed by atoms with Crippen LogP contribution >= 0.6 is 11.3 Å². The molecule has 0 saturated carbocycles. The minimum absolute atomic E-state index is 0.679. The average Bonchev–Trinajstić information content (AvgIpc) is 3.07. The summed E-state index contributed by atoms with van der Waals surface area (Å²) in [5.41, 5.74) is 0. The van der Waals surface area contributed by atoms with Gasteiger partial charge in [0.15, 0.2) is 0 Å². The molecular weight excluding hydrogens is 256 g/mol. The molecule has 2 aromatic heterocycles. The summed E-state index contributed by atoms with van der Waals surface area (Å²) < 4.78 is 0. The quantitative estimate of drug-likeness (QED) is 0.881. The Morgan fingerprint density at radius 1 is 1.47 bits per heavy atom. The van der Waals surface area contributed by atoms with Crippen LogP contribution in [0.5, 0.6) is 0 Å². The van der Waals surface area contributed by atoms with E-state index >= 15 is 0 Å². The van der Waals surface area contributed by atoms with Crippen LogP contribution in [0.25, 0.3) is 10.2 Å². The van der Waals surface area contributed by atoms with Crippen molar-refractivity contribution in [3.63, 3.8) is 0 Å². The number of aromatic nitrogens is 2. The van der Waals surface area contributed by atoms with E-state index in [1.54, 1.807) is 17.7 Å². The van der Waals surface area contributed by atoms with Gasteiger partial charge < -0.3 is 10.6 Å². The molecule has 0 unspecified atom stereocenters. The molecule has 0 radical (unpaired) electrons. The molecule has 1 saturated heterocycles. The van der Waals surface area contributed by atoms with Crippen molar-refractivity contribution in [1.29, 1.82) is 0 Å². The van der Waals surface area contributed by atoms with Gasteiger partial charge in [-0.25, -0.2) is 9.97 Å². The van der Waals surface area contributed by atoms with Gasteiger partial charge in [0.05, 0.1) is 5.39 Å². The van der Waals surface area contributed by atoms with E-state index in [1.807, 2.05) is 0 Å². The third-order valence-electron chi connectivity index (χ3n) is 3.68. The second kappa shape index (κ2) is 5.84. The molecule has 5 heteroatoms. The molecule has 0 spiro atoms. The molecule has 19 heavy (non-hydrogen) atoms. The van der Waals surface area contributed by atoms with Crippen molar-refractivity contribution in [2.24, 2.45) is 0 Å². The predicted molar refractivity (Wildman–Crippen MR) is 80.9 cm³/mol. The second-order valence-corrected chi connectivity index (χ2v) is 6.13. The zero-order chi connectivity index (χ0) is 13.1. The average molecular weight is 276 g/mol. The largest absolute Gasteiger partial charge is 0.369 e. The highest BCUT2D eigenvalue weighted by Crippen LogP contribution is 2.28. The second-order valence-electron chi connectivity index (χ2n) is 5.02. The Bertz CT molecular complexity index is 545. The highest BCUT2D eigenvalue weighted by atomic mass is 32.1. The Kier molecular flexibility index (Phi) is 3.94. The molecule has 3 heterocycles. The third kappa shape index (κ3) is 2.87. The van der Waals surface area contributed by atoms with E-state index in [-0.39, 0.29) is 0 Å². The van der Waals surface area contributed by atoms with Gasteiger partial charge in [0, 0.05) is 17.5 Å². The number of hydrogen-bond donors (Lipinski definition) is 2. The Morgan fingerprint density at radius 2 is 2.42 bits per heavy atom.